The summed E-state index contributed by atoms with van der Waals surface area (Å²) in [7, 11) is 0. The van der Waals surface area contributed by atoms with Gasteiger partial charge in [0.15, 0.2) is 0 Å². The maximum absolute atomic E-state index is 11.4. The number of carboxylic acid groups (broad SMARTS) is 4. The molecule has 8 heteroatoms. The Hall–Kier alpha value is -5.24. The molecule has 4 aromatic rings. The number of aromatic carboxylic acids is 4. The lowest BCUT2D eigenvalue weighted by Crippen LogP contribution is -2.40. The van der Waals surface area contributed by atoms with E-state index in [2.05, 4.69) is 0 Å². The van der Waals surface area contributed by atoms with E-state index in [1.165, 1.54) is 48.5 Å². The summed E-state index contributed by atoms with van der Waals surface area (Å²) in [5, 5.41) is 45.4. The first-order valence-electron chi connectivity index (χ1n) is 12.4. The third-order valence-electron chi connectivity index (χ3n) is 7.67. The highest BCUT2D eigenvalue weighted by Gasteiger charge is 2.52. The maximum atomic E-state index is 11.4. The molecule has 0 radical (unpaired) electrons. The van der Waals surface area contributed by atoms with Crippen molar-refractivity contribution >= 4 is 23.9 Å². The second kappa shape index (κ2) is 10.5. The Bertz CT molecular complexity index is 1330. The first-order chi connectivity index (χ1) is 19.2. The predicted molar refractivity (Wildman–Crippen MR) is 134 cm³/mol. The van der Waals surface area contributed by atoms with Crippen LogP contribution in [0.2, 0.25) is 0 Å². The van der Waals surface area contributed by atoms with Gasteiger partial charge in [0, 0.05) is 0 Å². The first kappa shape index (κ1) is 26.4. The number of hydrogen-bond donors (Lipinski definition) is 0. The minimum atomic E-state index is -1.31. The fraction of sp³-hybridized carbons (Fsp3) is 0.125. The van der Waals surface area contributed by atoms with Gasteiger partial charge < -0.3 is 39.6 Å². The lowest BCUT2D eigenvalue weighted by atomic mass is 9.49. The van der Waals surface area contributed by atoms with E-state index >= 15 is 0 Å². The molecule has 0 saturated heterocycles. The number of hydrogen-bond acceptors (Lipinski definition) is 8. The molecule has 1 fully saturated rings. The van der Waals surface area contributed by atoms with Crippen molar-refractivity contribution in [3.05, 3.63) is 142 Å². The van der Waals surface area contributed by atoms with Crippen LogP contribution >= 0.6 is 0 Å². The molecular formula is C32H20O8-4. The molecular weight excluding hydrogens is 512 g/mol. The van der Waals surface area contributed by atoms with Crippen LogP contribution in [-0.4, -0.2) is 23.9 Å². The minimum Gasteiger partial charge on any atom is -0.545 e. The highest BCUT2D eigenvalue weighted by Crippen LogP contribution is 2.66. The molecule has 200 valence electrons. The summed E-state index contributed by atoms with van der Waals surface area (Å²) >= 11 is 0. The number of carboxylic acids is 4. The molecule has 0 amide bonds. The molecule has 40 heavy (non-hydrogen) atoms. The Labute approximate surface area is 228 Å². The van der Waals surface area contributed by atoms with Gasteiger partial charge in [0.25, 0.3) is 0 Å². The zero-order chi connectivity index (χ0) is 28.6. The summed E-state index contributed by atoms with van der Waals surface area (Å²) in [6, 6.07) is 25.3. The average molecular weight is 533 g/mol. The molecule has 0 N–H and O–H groups in total. The average Bonchev–Trinajstić information content (AvgIpc) is 2.93. The van der Waals surface area contributed by atoms with Gasteiger partial charge in [-0.2, -0.15) is 0 Å². The maximum Gasteiger partial charge on any atom is 0.0715 e. The van der Waals surface area contributed by atoms with Gasteiger partial charge in [-0.15, -0.1) is 0 Å². The van der Waals surface area contributed by atoms with Crippen LogP contribution in [0.25, 0.3) is 0 Å². The SMILES string of the molecule is O=C([O-])c1ccc(C2C(c3ccc(C(=O)[O-])cc3)C(c3ccc(C(=O)[O-])cc3)C2c2ccc(C(=O)[O-])cc2)cc1. The van der Waals surface area contributed by atoms with Gasteiger partial charge >= 0.3 is 0 Å². The fourth-order valence-corrected chi connectivity index (χ4v) is 5.77. The van der Waals surface area contributed by atoms with Gasteiger partial charge in [-0.3, -0.25) is 0 Å². The van der Waals surface area contributed by atoms with Crippen molar-refractivity contribution in [2.24, 2.45) is 0 Å². The van der Waals surface area contributed by atoms with Crippen LogP contribution in [-0.2, 0) is 0 Å². The molecule has 4 aromatic carbocycles. The number of rotatable bonds is 8. The van der Waals surface area contributed by atoms with Gasteiger partial charge in [-0.25, -0.2) is 0 Å². The van der Waals surface area contributed by atoms with Crippen LogP contribution in [0, 0.1) is 0 Å². The van der Waals surface area contributed by atoms with Crippen molar-refractivity contribution in [1.82, 2.24) is 0 Å². The molecule has 1 saturated carbocycles. The van der Waals surface area contributed by atoms with Crippen molar-refractivity contribution in [2.45, 2.75) is 23.7 Å². The van der Waals surface area contributed by atoms with Crippen LogP contribution in [0.3, 0.4) is 0 Å². The number of carbonyl (C=O) groups excluding carboxylic acids is 4. The number of benzene rings is 4. The normalized spacial score (nSPS) is 19.8. The van der Waals surface area contributed by atoms with Gasteiger partial charge in [-0.05, 0) is 68.2 Å². The van der Waals surface area contributed by atoms with E-state index in [0.29, 0.717) is 0 Å². The summed E-state index contributed by atoms with van der Waals surface area (Å²) in [6.07, 6.45) is 0. The van der Waals surface area contributed by atoms with Gasteiger partial charge in [0.1, 0.15) is 0 Å². The quantitative estimate of drug-likeness (QED) is 0.319. The molecule has 0 bridgehead atoms. The lowest BCUT2D eigenvalue weighted by molar-refractivity contribution is -0.256. The minimum absolute atomic E-state index is 0.0159. The molecule has 1 aliphatic rings. The van der Waals surface area contributed by atoms with Crippen LogP contribution in [0.15, 0.2) is 97.1 Å². The standard InChI is InChI=1S/C32H24O8/c33-29(34)21-9-1-17(2-10-21)25-26(18-3-11-22(12-4-18)30(35)36)28(20-7-15-24(16-8-20)32(39)40)27(25)19-5-13-23(14-6-19)31(37)38/h1-16,25-28H,(H,33,34)(H,35,36)(H,37,38)(H,39,40)/p-4. The summed E-state index contributed by atoms with van der Waals surface area (Å²) in [5.74, 6) is -6.17. The summed E-state index contributed by atoms with van der Waals surface area (Å²) < 4.78 is 0. The summed E-state index contributed by atoms with van der Waals surface area (Å²) in [4.78, 5) is 45.4. The topological polar surface area (TPSA) is 161 Å². The smallest absolute Gasteiger partial charge is 0.0715 e. The Kier molecular flexibility index (Phi) is 6.92. The monoisotopic (exact) mass is 532 g/mol. The second-order valence-electron chi connectivity index (χ2n) is 9.74. The predicted octanol–water partition coefficient (Wildman–Crippen LogP) is 0.589. The van der Waals surface area contributed by atoms with Crippen molar-refractivity contribution in [3.8, 4) is 0 Å². The Morgan fingerprint density at radius 1 is 0.325 bits per heavy atom. The highest BCUT2D eigenvalue weighted by atomic mass is 16.4. The molecule has 0 spiro atoms. The zero-order valence-corrected chi connectivity index (χ0v) is 20.8. The van der Waals surface area contributed by atoms with Gasteiger partial charge in [-0.1, -0.05) is 97.1 Å². The highest BCUT2D eigenvalue weighted by molar-refractivity contribution is 5.87. The van der Waals surface area contributed by atoms with Crippen LogP contribution in [0.5, 0.6) is 0 Å². The van der Waals surface area contributed by atoms with E-state index in [1.807, 2.05) is 0 Å². The largest absolute Gasteiger partial charge is 0.545 e. The fourth-order valence-electron chi connectivity index (χ4n) is 5.77. The third-order valence-corrected chi connectivity index (χ3v) is 7.67. The molecule has 0 heterocycles. The molecule has 0 unspecified atom stereocenters. The van der Waals surface area contributed by atoms with Crippen molar-refractivity contribution in [3.63, 3.8) is 0 Å². The van der Waals surface area contributed by atoms with Crippen LogP contribution < -0.4 is 20.4 Å². The number of carbonyl (C=O) groups is 4. The van der Waals surface area contributed by atoms with E-state index in [1.54, 1.807) is 48.5 Å². The van der Waals surface area contributed by atoms with Gasteiger partial charge in [0.05, 0.1) is 23.9 Å². The van der Waals surface area contributed by atoms with Crippen molar-refractivity contribution in [2.75, 3.05) is 0 Å². The first-order valence-corrected chi connectivity index (χ1v) is 12.4. The second-order valence-corrected chi connectivity index (χ2v) is 9.74. The third kappa shape index (κ3) is 4.82. The van der Waals surface area contributed by atoms with E-state index in [9.17, 15) is 39.6 Å². The van der Waals surface area contributed by atoms with E-state index in [4.69, 9.17) is 0 Å². The zero-order valence-electron chi connectivity index (χ0n) is 20.8. The molecule has 1 aliphatic carbocycles. The Morgan fingerprint density at radius 2 is 0.475 bits per heavy atom. The van der Waals surface area contributed by atoms with E-state index < -0.39 is 23.9 Å². The molecule has 0 aromatic heterocycles. The van der Waals surface area contributed by atoms with Crippen LogP contribution in [0.4, 0.5) is 0 Å². The lowest BCUT2D eigenvalue weighted by Gasteiger charge is -2.54. The molecule has 0 aliphatic heterocycles. The van der Waals surface area contributed by atoms with E-state index in [0.717, 1.165) is 22.3 Å². The van der Waals surface area contributed by atoms with Crippen molar-refractivity contribution in [1.29, 1.82) is 0 Å². The van der Waals surface area contributed by atoms with Crippen molar-refractivity contribution < 1.29 is 39.6 Å². The molecule has 0 atom stereocenters. The van der Waals surface area contributed by atoms with E-state index in [-0.39, 0.29) is 45.9 Å². The summed E-state index contributed by atoms with van der Waals surface area (Å²) in [6.45, 7) is 0. The Balaban J connectivity index is 1.67. The Morgan fingerprint density at radius 3 is 0.600 bits per heavy atom. The molecule has 5 rings (SSSR count). The molecule has 8 nitrogen and oxygen atoms in total. The van der Waals surface area contributed by atoms with Gasteiger partial charge in [0.2, 0.25) is 0 Å². The van der Waals surface area contributed by atoms with Crippen LogP contribution in [0.1, 0.15) is 87.4 Å². The summed E-state index contributed by atoms with van der Waals surface area (Å²) in [5.41, 5.74) is 3.33.